The molecule has 0 amide bonds. The molecule has 2 heterocycles. The van der Waals surface area contributed by atoms with Crippen molar-refractivity contribution in [3.8, 4) is 11.5 Å². The zero-order valence-corrected chi connectivity index (χ0v) is 17.2. The Hall–Kier alpha value is -3.03. The monoisotopic (exact) mass is 430 g/mol. The summed E-state index contributed by atoms with van der Waals surface area (Å²) in [5.41, 5.74) is 2.35. The van der Waals surface area contributed by atoms with Crippen molar-refractivity contribution in [3.63, 3.8) is 0 Å². The minimum Gasteiger partial charge on any atom is -0.478 e. The first-order valence-corrected chi connectivity index (χ1v) is 9.88. The van der Waals surface area contributed by atoms with Gasteiger partial charge in [0.1, 0.15) is 5.75 Å². The van der Waals surface area contributed by atoms with Gasteiger partial charge in [0.2, 0.25) is 0 Å². The van der Waals surface area contributed by atoms with Crippen LogP contribution in [0.1, 0.15) is 18.0 Å². The Kier molecular flexibility index (Phi) is 6.97. The van der Waals surface area contributed by atoms with Gasteiger partial charge in [-0.25, -0.2) is 9.59 Å². The first-order valence-electron chi connectivity index (χ1n) is 9.50. The number of halogens is 1. The molecule has 2 aromatic rings. The van der Waals surface area contributed by atoms with Gasteiger partial charge in [-0.05, 0) is 50.3 Å². The normalized spacial score (nSPS) is 17.9. The molecule has 1 fully saturated rings. The Balaban J connectivity index is 0.000000275. The quantitative estimate of drug-likeness (QED) is 0.695. The van der Waals surface area contributed by atoms with E-state index in [2.05, 4.69) is 35.0 Å². The first-order chi connectivity index (χ1) is 14.3. The molecule has 7 nitrogen and oxygen atoms in total. The molecule has 2 N–H and O–H groups in total. The lowest BCUT2D eigenvalue weighted by Gasteiger charge is -2.31. The lowest BCUT2D eigenvalue weighted by atomic mass is 10.0. The molecule has 0 aromatic heterocycles. The molecule has 0 aliphatic carbocycles. The maximum absolute atomic E-state index is 9.55. The molecule has 0 radical (unpaired) electrons. The van der Waals surface area contributed by atoms with Gasteiger partial charge in [-0.15, -0.1) is 0 Å². The van der Waals surface area contributed by atoms with Crippen LogP contribution in [0.25, 0.3) is 0 Å². The van der Waals surface area contributed by atoms with Crippen LogP contribution in [0.5, 0.6) is 11.5 Å². The van der Waals surface area contributed by atoms with Crippen LogP contribution in [0.4, 0.5) is 5.69 Å². The molecular formula is C22H23ClN2O5. The average molecular weight is 431 g/mol. The van der Waals surface area contributed by atoms with Crippen molar-refractivity contribution in [2.45, 2.75) is 12.5 Å². The van der Waals surface area contributed by atoms with E-state index in [1.807, 2.05) is 24.3 Å². The van der Waals surface area contributed by atoms with E-state index in [1.165, 1.54) is 11.3 Å². The molecule has 0 bridgehead atoms. The number of rotatable bonds is 2. The summed E-state index contributed by atoms with van der Waals surface area (Å²) in [7, 11) is 2.19. The van der Waals surface area contributed by atoms with Crippen LogP contribution in [0.2, 0.25) is 5.02 Å². The lowest BCUT2D eigenvalue weighted by molar-refractivity contribution is -0.134. The van der Waals surface area contributed by atoms with Crippen molar-refractivity contribution in [3.05, 3.63) is 65.2 Å². The van der Waals surface area contributed by atoms with E-state index in [1.54, 1.807) is 0 Å². The number of hydrogen-bond acceptors (Lipinski definition) is 5. The molecule has 2 aliphatic heterocycles. The minimum absolute atomic E-state index is 0.268. The summed E-state index contributed by atoms with van der Waals surface area (Å²) in [5.74, 6) is -0.669. The van der Waals surface area contributed by atoms with E-state index in [4.69, 9.17) is 26.6 Å². The van der Waals surface area contributed by atoms with Crippen LogP contribution in [-0.4, -0.2) is 53.7 Å². The van der Waals surface area contributed by atoms with Crippen molar-refractivity contribution >= 4 is 29.2 Å². The summed E-state index contributed by atoms with van der Waals surface area (Å²) in [6, 6.07) is 14.5. The summed E-state index contributed by atoms with van der Waals surface area (Å²) in [4.78, 5) is 24.0. The second-order valence-electron chi connectivity index (χ2n) is 7.09. The number of likely N-dealkylation sites (N-methyl/N-ethyl adjacent to an activating group) is 1. The Morgan fingerprint density at radius 2 is 1.77 bits per heavy atom. The number of aliphatic carboxylic acids is 2. The molecule has 30 heavy (non-hydrogen) atoms. The van der Waals surface area contributed by atoms with Gasteiger partial charge in [-0.2, -0.15) is 0 Å². The van der Waals surface area contributed by atoms with Crippen molar-refractivity contribution in [2.24, 2.45) is 0 Å². The van der Waals surface area contributed by atoms with Gasteiger partial charge >= 0.3 is 11.9 Å². The zero-order valence-electron chi connectivity index (χ0n) is 16.5. The number of carboxylic acids is 2. The molecule has 0 spiro atoms. The number of hydrogen-bond donors (Lipinski definition) is 2. The maximum atomic E-state index is 9.55. The van der Waals surface area contributed by atoms with Gasteiger partial charge in [0.05, 0.1) is 11.7 Å². The predicted octanol–water partition coefficient (Wildman–Crippen LogP) is 4.04. The highest BCUT2D eigenvalue weighted by Crippen LogP contribution is 2.45. The number of para-hydroxylation sites is 2. The van der Waals surface area contributed by atoms with Gasteiger partial charge in [-0.3, -0.25) is 0 Å². The van der Waals surface area contributed by atoms with E-state index in [-0.39, 0.29) is 6.04 Å². The molecular weight excluding hydrogens is 408 g/mol. The second kappa shape index (κ2) is 9.65. The molecule has 2 aliphatic rings. The molecule has 4 rings (SSSR count). The van der Waals surface area contributed by atoms with Crippen LogP contribution in [0.15, 0.2) is 54.6 Å². The zero-order chi connectivity index (χ0) is 21.7. The minimum atomic E-state index is -1.26. The first kappa shape index (κ1) is 21.7. The Morgan fingerprint density at radius 3 is 2.47 bits per heavy atom. The fourth-order valence-electron chi connectivity index (χ4n) is 3.62. The van der Waals surface area contributed by atoms with Gasteiger partial charge in [0, 0.05) is 35.8 Å². The average Bonchev–Trinajstić information content (AvgIpc) is 2.96. The molecule has 1 atom stereocenters. The summed E-state index contributed by atoms with van der Waals surface area (Å²) in [6.07, 6.45) is 2.27. The summed E-state index contributed by atoms with van der Waals surface area (Å²) in [5, 5.41) is 16.4. The number of ether oxygens (including phenoxy) is 1. The Labute approximate surface area is 179 Å². The number of benzene rings is 2. The molecule has 1 saturated heterocycles. The fraction of sp³-hybridized carbons (Fsp3) is 0.273. The topological polar surface area (TPSA) is 90.3 Å². The number of anilines is 1. The molecule has 158 valence electrons. The lowest BCUT2D eigenvalue weighted by Crippen LogP contribution is -2.32. The van der Waals surface area contributed by atoms with E-state index < -0.39 is 11.9 Å². The number of nitrogens with zero attached hydrogens (tertiary/aromatic N) is 2. The van der Waals surface area contributed by atoms with Crippen LogP contribution >= 0.6 is 11.6 Å². The molecule has 2 aromatic carbocycles. The van der Waals surface area contributed by atoms with Gasteiger partial charge in [-0.1, -0.05) is 23.7 Å². The third-order valence-electron chi connectivity index (χ3n) is 4.89. The Bertz CT molecular complexity index is 946. The van der Waals surface area contributed by atoms with Crippen molar-refractivity contribution in [1.29, 1.82) is 0 Å². The summed E-state index contributed by atoms with van der Waals surface area (Å²) < 4.78 is 6.21. The highest BCUT2D eigenvalue weighted by Gasteiger charge is 2.32. The highest BCUT2D eigenvalue weighted by atomic mass is 35.5. The Morgan fingerprint density at radius 1 is 1.07 bits per heavy atom. The van der Waals surface area contributed by atoms with Crippen LogP contribution in [-0.2, 0) is 9.59 Å². The van der Waals surface area contributed by atoms with E-state index >= 15 is 0 Å². The van der Waals surface area contributed by atoms with Crippen LogP contribution < -0.4 is 9.64 Å². The third kappa shape index (κ3) is 5.31. The van der Waals surface area contributed by atoms with Crippen molar-refractivity contribution in [1.82, 2.24) is 4.90 Å². The van der Waals surface area contributed by atoms with E-state index in [9.17, 15) is 9.59 Å². The van der Waals surface area contributed by atoms with Gasteiger partial charge in [0.15, 0.2) is 5.75 Å². The highest BCUT2D eigenvalue weighted by molar-refractivity contribution is 6.30. The molecule has 0 saturated carbocycles. The van der Waals surface area contributed by atoms with E-state index in [0.717, 1.165) is 42.6 Å². The molecule has 8 heteroatoms. The van der Waals surface area contributed by atoms with Crippen LogP contribution in [0.3, 0.4) is 0 Å². The SMILES string of the molecule is CN1CCCN2c3ccccc3Oc3ccc(Cl)cc3C2C1.O=C(O)C=CC(=O)O. The number of carboxylic acid groups (broad SMARTS) is 2. The number of carbonyl (C=O) groups is 2. The third-order valence-corrected chi connectivity index (χ3v) is 5.13. The van der Waals surface area contributed by atoms with Crippen LogP contribution in [0, 0.1) is 0 Å². The maximum Gasteiger partial charge on any atom is 0.328 e. The van der Waals surface area contributed by atoms with E-state index in [0.29, 0.717) is 12.2 Å². The van der Waals surface area contributed by atoms with Crippen molar-refractivity contribution in [2.75, 3.05) is 31.6 Å². The number of fused-ring (bicyclic) bond motifs is 5. The summed E-state index contributed by atoms with van der Waals surface area (Å²) in [6.45, 7) is 3.12. The second-order valence-corrected chi connectivity index (χ2v) is 7.52. The fourth-order valence-corrected chi connectivity index (χ4v) is 3.80. The van der Waals surface area contributed by atoms with Crippen molar-refractivity contribution < 1.29 is 24.5 Å². The summed E-state index contributed by atoms with van der Waals surface area (Å²) >= 11 is 6.26. The largest absolute Gasteiger partial charge is 0.478 e. The van der Waals surface area contributed by atoms with Gasteiger partial charge < -0.3 is 24.7 Å². The standard InChI is InChI=1S/C18H19ClN2O.C4H4O4/c1-20-9-4-10-21-15-5-2-3-6-18(15)22-17-8-7-13(19)11-14(17)16(21)12-20;5-3(6)1-2-4(7)8/h2-3,5-8,11,16H,4,9-10,12H2,1H3;1-2H,(H,5,6)(H,7,8). The molecule has 1 unspecified atom stereocenters. The van der Waals surface area contributed by atoms with Gasteiger partial charge in [0.25, 0.3) is 0 Å². The smallest absolute Gasteiger partial charge is 0.328 e. The predicted molar refractivity (Wildman–Crippen MR) is 115 cm³/mol.